The van der Waals surface area contributed by atoms with E-state index in [1.165, 1.54) is 26.1 Å². The van der Waals surface area contributed by atoms with Gasteiger partial charge in [-0.1, -0.05) is 23.7 Å². The molecule has 7 nitrogen and oxygen atoms in total. The van der Waals surface area contributed by atoms with Crippen molar-refractivity contribution >= 4 is 39.7 Å². The highest BCUT2D eigenvalue weighted by molar-refractivity contribution is 6.33. The Morgan fingerprint density at radius 1 is 1.32 bits per heavy atom. The highest BCUT2D eigenvalue weighted by Gasteiger charge is 2.28. The van der Waals surface area contributed by atoms with E-state index < -0.39 is 0 Å². The predicted molar refractivity (Wildman–Crippen MR) is 112 cm³/mol. The number of ether oxygens (including phenoxy) is 1. The van der Waals surface area contributed by atoms with Crippen LogP contribution in [0.2, 0.25) is 5.02 Å². The minimum absolute atomic E-state index is 0.0846. The molecule has 0 amide bonds. The van der Waals surface area contributed by atoms with Crippen LogP contribution in [0.15, 0.2) is 35.3 Å². The van der Waals surface area contributed by atoms with Crippen molar-refractivity contribution in [2.24, 2.45) is 13.0 Å². The summed E-state index contributed by atoms with van der Waals surface area (Å²) in [5.74, 6) is 1.09. The molecule has 0 bridgehead atoms. The number of hydrogen-bond donors (Lipinski definition) is 2. The second kappa shape index (κ2) is 7.31. The Bertz CT molecular complexity index is 1090. The van der Waals surface area contributed by atoms with Gasteiger partial charge < -0.3 is 19.9 Å². The fourth-order valence-electron chi connectivity index (χ4n) is 3.37. The third-order valence-corrected chi connectivity index (χ3v) is 5.41. The van der Waals surface area contributed by atoms with Gasteiger partial charge in [0.1, 0.15) is 5.02 Å². The van der Waals surface area contributed by atoms with Crippen molar-refractivity contribution in [3.05, 3.63) is 45.8 Å². The number of fused-ring (bicyclic) bond motifs is 1. The fraction of sp³-hybridized carbons (Fsp3) is 0.350. The van der Waals surface area contributed by atoms with E-state index in [4.69, 9.17) is 16.3 Å². The van der Waals surface area contributed by atoms with E-state index in [1.807, 2.05) is 18.2 Å². The van der Waals surface area contributed by atoms with Gasteiger partial charge in [0.05, 0.1) is 24.5 Å². The Hall–Kier alpha value is -2.80. The van der Waals surface area contributed by atoms with Crippen molar-refractivity contribution in [3.63, 3.8) is 0 Å². The van der Waals surface area contributed by atoms with E-state index in [-0.39, 0.29) is 11.6 Å². The maximum Gasteiger partial charge on any atom is 0.318 e. The molecule has 0 spiro atoms. The molecule has 2 N–H and O–H groups in total. The van der Waals surface area contributed by atoms with Gasteiger partial charge in [-0.15, -0.1) is 0 Å². The maximum atomic E-state index is 12.6. The lowest BCUT2D eigenvalue weighted by Crippen LogP contribution is -2.22. The van der Waals surface area contributed by atoms with Crippen molar-refractivity contribution < 1.29 is 4.74 Å². The first-order chi connectivity index (χ1) is 13.5. The lowest BCUT2D eigenvalue weighted by Gasteiger charge is -2.19. The average molecular weight is 400 g/mol. The predicted octanol–water partition coefficient (Wildman–Crippen LogP) is 3.94. The topological polar surface area (TPSA) is 81.1 Å². The summed E-state index contributed by atoms with van der Waals surface area (Å²) in [5, 5.41) is 8.06. The molecule has 1 aliphatic carbocycles. The molecule has 8 heteroatoms. The molecule has 0 saturated heterocycles. The monoisotopic (exact) mass is 399 g/mol. The molecule has 3 aromatic rings. The van der Waals surface area contributed by atoms with E-state index >= 15 is 0 Å². The van der Waals surface area contributed by atoms with E-state index in [0.29, 0.717) is 22.8 Å². The second-order valence-corrected chi connectivity index (χ2v) is 7.51. The molecule has 0 aliphatic heterocycles. The number of pyridine rings is 1. The number of aromatic nitrogens is 3. The van der Waals surface area contributed by atoms with Crippen LogP contribution in [0.4, 0.5) is 17.2 Å². The number of para-hydroxylation sites is 1. The number of rotatable bonds is 6. The van der Waals surface area contributed by atoms with Crippen molar-refractivity contribution in [2.45, 2.75) is 25.8 Å². The first-order valence-electron chi connectivity index (χ1n) is 9.20. The highest BCUT2D eigenvalue weighted by atomic mass is 35.5. The number of benzene rings is 1. The number of halogens is 1. The molecule has 0 radical (unpaired) electrons. The Kier molecular flexibility index (Phi) is 4.85. The number of anilines is 3. The standard InChI is InChI=1S/C20H22ClN5O2/c1-11(12-7-8-12)23-16-9-17(27)26(2)18-13(16)5-4-6-15(18)24-19-14(21)10-22-20(25-19)28-3/h4-6,9-12,23H,7-8H2,1-3H3,(H,22,24,25)/t11-/m1/s1. The summed E-state index contributed by atoms with van der Waals surface area (Å²) in [6, 6.07) is 8.03. The molecule has 1 saturated carbocycles. The van der Waals surface area contributed by atoms with Gasteiger partial charge in [-0.25, -0.2) is 4.98 Å². The summed E-state index contributed by atoms with van der Waals surface area (Å²) in [6.07, 6.45) is 3.94. The van der Waals surface area contributed by atoms with Crippen LogP contribution in [0.5, 0.6) is 6.01 Å². The summed E-state index contributed by atoms with van der Waals surface area (Å²) in [5.41, 5.74) is 2.25. The van der Waals surface area contributed by atoms with Crippen LogP contribution in [0, 0.1) is 5.92 Å². The Morgan fingerprint density at radius 2 is 2.11 bits per heavy atom. The van der Waals surface area contributed by atoms with Gasteiger partial charge in [-0.05, 0) is 31.7 Å². The first kappa shape index (κ1) is 18.6. The third-order valence-electron chi connectivity index (χ3n) is 5.13. The summed E-state index contributed by atoms with van der Waals surface area (Å²) >= 11 is 6.24. The normalized spacial score (nSPS) is 14.7. The van der Waals surface area contributed by atoms with E-state index in [0.717, 1.165) is 22.3 Å². The first-order valence-corrected chi connectivity index (χ1v) is 9.58. The van der Waals surface area contributed by atoms with E-state index in [1.54, 1.807) is 17.7 Å². The number of nitrogens with zero attached hydrogens (tertiary/aromatic N) is 3. The highest BCUT2D eigenvalue weighted by Crippen LogP contribution is 2.36. The molecule has 1 aromatic carbocycles. The molecule has 146 valence electrons. The zero-order chi connectivity index (χ0) is 19.8. The molecule has 1 fully saturated rings. The average Bonchev–Trinajstić information content (AvgIpc) is 3.53. The number of hydrogen-bond acceptors (Lipinski definition) is 6. The van der Waals surface area contributed by atoms with Crippen molar-refractivity contribution in [3.8, 4) is 6.01 Å². The molecular formula is C20H22ClN5O2. The molecule has 1 atom stereocenters. The van der Waals surface area contributed by atoms with Gasteiger partial charge in [-0.2, -0.15) is 4.98 Å². The zero-order valence-corrected chi connectivity index (χ0v) is 16.7. The summed E-state index contributed by atoms with van der Waals surface area (Å²) in [4.78, 5) is 20.9. The Balaban J connectivity index is 1.81. The SMILES string of the molecule is COc1ncc(Cl)c(Nc2cccc3c(N[C@H](C)C4CC4)cc(=O)n(C)c23)n1. The number of nitrogens with one attached hydrogen (secondary N) is 2. The van der Waals surface area contributed by atoms with E-state index in [2.05, 4.69) is 27.5 Å². The zero-order valence-electron chi connectivity index (χ0n) is 16.0. The second-order valence-electron chi connectivity index (χ2n) is 7.11. The third kappa shape index (κ3) is 3.49. The van der Waals surface area contributed by atoms with Crippen LogP contribution in [0.3, 0.4) is 0 Å². The van der Waals surface area contributed by atoms with Crippen LogP contribution in [-0.4, -0.2) is 27.7 Å². The summed E-state index contributed by atoms with van der Waals surface area (Å²) < 4.78 is 6.70. The van der Waals surface area contributed by atoms with Gasteiger partial charge in [0.25, 0.3) is 5.56 Å². The van der Waals surface area contributed by atoms with Gasteiger partial charge >= 0.3 is 6.01 Å². The smallest absolute Gasteiger partial charge is 0.318 e. The van der Waals surface area contributed by atoms with Gasteiger partial charge in [0.2, 0.25) is 0 Å². The van der Waals surface area contributed by atoms with Crippen LogP contribution in [0.1, 0.15) is 19.8 Å². The van der Waals surface area contributed by atoms with Crippen molar-refractivity contribution in [1.82, 2.24) is 14.5 Å². The molecule has 2 heterocycles. The van der Waals surface area contributed by atoms with Crippen molar-refractivity contribution in [2.75, 3.05) is 17.7 Å². The van der Waals surface area contributed by atoms with E-state index in [9.17, 15) is 4.79 Å². The van der Waals surface area contributed by atoms with Gasteiger partial charge in [-0.3, -0.25) is 4.79 Å². The lowest BCUT2D eigenvalue weighted by atomic mass is 10.1. The molecule has 4 rings (SSSR count). The quantitative estimate of drug-likeness (QED) is 0.653. The van der Waals surface area contributed by atoms with Gasteiger partial charge in [0, 0.05) is 30.2 Å². The Labute approximate surface area is 167 Å². The molecule has 0 unspecified atom stereocenters. The maximum absolute atomic E-state index is 12.6. The van der Waals surface area contributed by atoms with Crippen LogP contribution in [-0.2, 0) is 7.05 Å². The van der Waals surface area contributed by atoms with Crippen LogP contribution >= 0.6 is 11.6 Å². The fourth-order valence-corrected chi connectivity index (χ4v) is 3.51. The molecule has 28 heavy (non-hydrogen) atoms. The summed E-state index contributed by atoms with van der Waals surface area (Å²) in [6.45, 7) is 2.16. The van der Waals surface area contributed by atoms with Crippen LogP contribution < -0.4 is 20.9 Å². The minimum Gasteiger partial charge on any atom is -0.467 e. The lowest BCUT2D eigenvalue weighted by molar-refractivity contribution is 0.380. The number of methoxy groups -OCH3 is 1. The van der Waals surface area contributed by atoms with Crippen LogP contribution in [0.25, 0.3) is 10.9 Å². The molecule has 1 aliphatic rings. The summed E-state index contributed by atoms with van der Waals surface area (Å²) in [7, 11) is 3.25. The number of aryl methyl sites for hydroxylation is 1. The van der Waals surface area contributed by atoms with Gasteiger partial charge in [0.15, 0.2) is 5.82 Å². The molecular weight excluding hydrogens is 378 g/mol. The molecule has 2 aromatic heterocycles. The minimum atomic E-state index is -0.0846. The Morgan fingerprint density at radius 3 is 2.82 bits per heavy atom. The van der Waals surface area contributed by atoms with Crippen molar-refractivity contribution in [1.29, 1.82) is 0 Å². The largest absolute Gasteiger partial charge is 0.467 e.